The number of hydrogen-bond donors (Lipinski definition) is 2. The largest absolute Gasteiger partial charge is 0.353 e. The first-order chi connectivity index (χ1) is 12.0. The number of rotatable bonds is 5. The number of fused-ring (bicyclic) bond motifs is 1. The molecule has 0 bridgehead atoms. The lowest BCUT2D eigenvalue weighted by Gasteiger charge is -2.20. The Morgan fingerprint density at radius 1 is 1.28 bits per heavy atom. The van der Waals surface area contributed by atoms with Gasteiger partial charge in [-0.2, -0.15) is 0 Å². The Labute approximate surface area is 153 Å². The molecular formula is C19H27N3O2S. The summed E-state index contributed by atoms with van der Waals surface area (Å²) in [6.07, 6.45) is 2.20. The molecule has 1 heterocycles. The maximum atomic E-state index is 13.0. The molecular weight excluding hydrogens is 334 g/mol. The summed E-state index contributed by atoms with van der Waals surface area (Å²) in [7, 11) is 0. The summed E-state index contributed by atoms with van der Waals surface area (Å²) >= 11 is 1.42. The van der Waals surface area contributed by atoms with Crippen LogP contribution in [-0.4, -0.2) is 47.6 Å². The molecule has 136 valence electrons. The zero-order valence-corrected chi connectivity index (χ0v) is 15.7. The molecule has 1 saturated heterocycles. The van der Waals surface area contributed by atoms with E-state index in [1.807, 2.05) is 43.0 Å². The SMILES string of the molecule is CC(C)NC(=O)CSc1ccccc1C(=O)N1CC2CCC(N)C2C1. The van der Waals surface area contributed by atoms with Gasteiger partial charge in [-0.15, -0.1) is 11.8 Å². The van der Waals surface area contributed by atoms with Crippen molar-refractivity contribution in [1.82, 2.24) is 10.2 Å². The van der Waals surface area contributed by atoms with Crippen molar-refractivity contribution in [3.63, 3.8) is 0 Å². The molecule has 0 radical (unpaired) electrons. The lowest BCUT2D eigenvalue weighted by Crippen LogP contribution is -2.34. The molecule has 2 aliphatic rings. The van der Waals surface area contributed by atoms with Gasteiger partial charge in [0.05, 0.1) is 11.3 Å². The Kier molecular flexibility index (Phi) is 5.69. The van der Waals surface area contributed by atoms with Gasteiger partial charge < -0.3 is 16.0 Å². The van der Waals surface area contributed by atoms with E-state index in [9.17, 15) is 9.59 Å². The second-order valence-electron chi connectivity index (χ2n) is 7.38. The van der Waals surface area contributed by atoms with Gasteiger partial charge in [0.1, 0.15) is 0 Å². The van der Waals surface area contributed by atoms with Crippen molar-refractivity contribution in [2.24, 2.45) is 17.6 Å². The normalized spacial score (nSPS) is 25.3. The van der Waals surface area contributed by atoms with Crippen molar-refractivity contribution in [2.75, 3.05) is 18.8 Å². The fourth-order valence-electron chi connectivity index (χ4n) is 3.92. The number of nitrogens with two attached hydrogens (primary N) is 1. The number of likely N-dealkylation sites (tertiary alicyclic amines) is 1. The number of nitrogens with one attached hydrogen (secondary N) is 1. The molecule has 0 aromatic heterocycles. The third kappa shape index (κ3) is 4.18. The Balaban J connectivity index is 1.66. The summed E-state index contributed by atoms with van der Waals surface area (Å²) in [5.41, 5.74) is 6.88. The van der Waals surface area contributed by atoms with Gasteiger partial charge >= 0.3 is 0 Å². The van der Waals surface area contributed by atoms with Crippen molar-refractivity contribution in [1.29, 1.82) is 0 Å². The van der Waals surface area contributed by atoms with Crippen molar-refractivity contribution < 1.29 is 9.59 Å². The Morgan fingerprint density at radius 3 is 2.76 bits per heavy atom. The summed E-state index contributed by atoms with van der Waals surface area (Å²) < 4.78 is 0. The molecule has 1 aromatic rings. The summed E-state index contributed by atoms with van der Waals surface area (Å²) in [5, 5.41) is 2.88. The fourth-order valence-corrected chi connectivity index (χ4v) is 4.78. The van der Waals surface area contributed by atoms with Crippen LogP contribution in [0.2, 0.25) is 0 Å². The highest BCUT2D eigenvalue weighted by atomic mass is 32.2. The van der Waals surface area contributed by atoms with Crippen LogP contribution < -0.4 is 11.1 Å². The number of carbonyl (C=O) groups is 2. The molecule has 1 saturated carbocycles. The molecule has 3 atom stereocenters. The third-order valence-corrected chi connectivity index (χ3v) is 6.20. The van der Waals surface area contributed by atoms with Crippen molar-refractivity contribution in [3.05, 3.63) is 29.8 Å². The topological polar surface area (TPSA) is 75.4 Å². The smallest absolute Gasteiger partial charge is 0.255 e. The Morgan fingerprint density at radius 2 is 2.04 bits per heavy atom. The molecule has 1 aliphatic heterocycles. The summed E-state index contributed by atoms with van der Waals surface area (Å²) in [5.74, 6) is 1.37. The molecule has 1 aromatic carbocycles. The van der Waals surface area contributed by atoms with Crippen LogP contribution in [0, 0.1) is 11.8 Å². The minimum absolute atomic E-state index is 0.0102. The number of thioether (sulfide) groups is 1. The average Bonchev–Trinajstić information content (AvgIpc) is 3.14. The molecule has 6 heteroatoms. The first-order valence-corrected chi connectivity index (χ1v) is 10.00. The summed E-state index contributed by atoms with van der Waals surface area (Å²) in [6.45, 7) is 5.45. The lowest BCUT2D eigenvalue weighted by molar-refractivity contribution is -0.119. The second kappa shape index (κ2) is 7.79. The van der Waals surface area contributed by atoms with Crippen LogP contribution in [0.4, 0.5) is 0 Å². The van der Waals surface area contributed by atoms with Gasteiger partial charge in [-0.25, -0.2) is 0 Å². The molecule has 2 amide bonds. The van der Waals surface area contributed by atoms with E-state index in [0.717, 1.165) is 30.8 Å². The van der Waals surface area contributed by atoms with Gasteiger partial charge in [0.2, 0.25) is 5.91 Å². The lowest BCUT2D eigenvalue weighted by atomic mass is 9.98. The van der Waals surface area contributed by atoms with Crippen LogP contribution in [0.1, 0.15) is 37.0 Å². The first kappa shape index (κ1) is 18.3. The van der Waals surface area contributed by atoms with Crippen LogP contribution in [0.15, 0.2) is 29.2 Å². The maximum Gasteiger partial charge on any atom is 0.255 e. The van der Waals surface area contributed by atoms with Crippen molar-refractivity contribution in [3.8, 4) is 0 Å². The zero-order chi connectivity index (χ0) is 18.0. The minimum atomic E-state index is -0.0102. The van der Waals surface area contributed by atoms with Crippen LogP contribution >= 0.6 is 11.8 Å². The number of carbonyl (C=O) groups excluding carboxylic acids is 2. The van der Waals surface area contributed by atoms with Gasteiger partial charge in [0.15, 0.2) is 0 Å². The molecule has 3 N–H and O–H groups in total. The maximum absolute atomic E-state index is 13.0. The van der Waals surface area contributed by atoms with E-state index in [1.165, 1.54) is 11.8 Å². The van der Waals surface area contributed by atoms with E-state index >= 15 is 0 Å². The number of hydrogen-bond acceptors (Lipinski definition) is 4. The van der Waals surface area contributed by atoms with Crippen LogP contribution in [-0.2, 0) is 4.79 Å². The standard InChI is InChI=1S/C19H27N3O2S/c1-12(2)21-18(23)11-25-17-6-4-3-5-14(17)19(24)22-9-13-7-8-16(20)15(13)10-22/h3-6,12-13,15-16H,7-11,20H2,1-2H3,(H,21,23). The van der Waals surface area contributed by atoms with Crippen LogP contribution in [0.25, 0.3) is 0 Å². The van der Waals surface area contributed by atoms with Gasteiger partial charge in [0.25, 0.3) is 5.91 Å². The molecule has 25 heavy (non-hydrogen) atoms. The molecule has 2 fully saturated rings. The third-order valence-electron chi connectivity index (χ3n) is 5.13. The molecule has 0 spiro atoms. The Bertz CT molecular complexity index is 649. The van der Waals surface area contributed by atoms with Gasteiger partial charge in [-0.05, 0) is 50.7 Å². The van der Waals surface area contributed by atoms with E-state index in [1.54, 1.807) is 0 Å². The molecule has 1 aliphatic carbocycles. The van der Waals surface area contributed by atoms with Crippen LogP contribution in [0.5, 0.6) is 0 Å². The van der Waals surface area contributed by atoms with Gasteiger partial charge in [-0.3, -0.25) is 9.59 Å². The number of benzene rings is 1. The second-order valence-corrected chi connectivity index (χ2v) is 8.40. The fraction of sp³-hybridized carbons (Fsp3) is 0.579. The van der Waals surface area contributed by atoms with E-state index in [2.05, 4.69) is 5.32 Å². The first-order valence-electron chi connectivity index (χ1n) is 9.01. The predicted molar refractivity (Wildman–Crippen MR) is 101 cm³/mol. The van der Waals surface area contributed by atoms with Crippen molar-refractivity contribution in [2.45, 2.75) is 43.7 Å². The summed E-state index contributed by atoms with van der Waals surface area (Å²) in [4.78, 5) is 27.7. The van der Waals surface area contributed by atoms with E-state index in [0.29, 0.717) is 23.2 Å². The molecule has 3 unspecified atom stereocenters. The van der Waals surface area contributed by atoms with E-state index < -0.39 is 0 Å². The zero-order valence-electron chi connectivity index (χ0n) is 14.9. The van der Waals surface area contributed by atoms with Gasteiger partial charge in [-0.1, -0.05) is 12.1 Å². The minimum Gasteiger partial charge on any atom is -0.353 e. The highest BCUT2D eigenvalue weighted by Gasteiger charge is 2.42. The highest BCUT2D eigenvalue weighted by Crippen LogP contribution is 2.38. The van der Waals surface area contributed by atoms with E-state index in [4.69, 9.17) is 5.73 Å². The molecule has 5 nitrogen and oxygen atoms in total. The average molecular weight is 362 g/mol. The molecule has 3 rings (SSSR count). The monoisotopic (exact) mass is 361 g/mol. The number of nitrogens with zero attached hydrogens (tertiary/aromatic N) is 1. The van der Waals surface area contributed by atoms with Crippen molar-refractivity contribution >= 4 is 23.6 Å². The highest BCUT2D eigenvalue weighted by molar-refractivity contribution is 8.00. The quantitative estimate of drug-likeness (QED) is 0.788. The predicted octanol–water partition coefficient (Wildman–Crippen LogP) is 2.11. The summed E-state index contributed by atoms with van der Waals surface area (Å²) in [6, 6.07) is 7.93. The Hall–Kier alpha value is -1.53. The van der Waals surface area contributed by atoms with Gasteiger partial charge in [0, 0.05) is 30.1 Å². The van der Waals surface area contributed by atoms with E-state index in [-0.39, 0.29) is 23.9 Å². The number of amides is 2. The van der Waals surface area contributed by atoms with Crippen LogP contribution in [0.3, 0.4) is 0 Å².